The molecule has 0 aliphatic carbocycles. The zero-order chi connectivity index (χ0) is 17.9. The lowest BCUT2D eigenvalue weighted by Crippen LogP contribution is -2.05. The number of ether oxygens (including phenoxy) is 2. The molecule has 25 heavy (non-hydrogen) atoms. The third-order valence-electron chi connectivity index (χ3n) is 3.22. The molecule has 0 aliphatic rings. The average Bonchev–Trinajstić information content (AvgIpc) is 3.01. The number of aromatic nitrogens is 1. The Bertz CT molecular complexity index is 683. The van der Waals surface area contributed by atoms with E-state index in [1.165, 1.54) is 11.3 Å². The Labute approximate surface area is 151 Å². The first-order valence-corrected chi connectivity index (χ1v) is 9.15. The minimum Gasteiger partial charge on any atom is -0.494 e. The van der Waals surface area contributed by atoms with E-state index in [2.05, 4.69) is 15.5 Å². The van der Waals surface area contributed by atoms with E-state index in [9.17, 15) is 4.79 Å². The Morgan fingerprint density at radius 3 is 2.80 bits per heavy atom. The minimum atomic E-state index is -0.146. The van der Waals surface area contributed by atoms with Crippen molar-refractivity contribution in [3.05, 3.63) is 40.9 Å². The number of nitrogens with one attached hydrogen (secondary N) is 1. The Morgan fingerprint density at radius 2 is 2.12 bits per heavy atom. The molecular formula is C18H23N3O3S. The maximum atomic E-state index is 11.2. The first-order chi connectivity index (χ1) is 12.2. The number of hydrogen-bond donors (Lipinski definition) is 1. The second-order valence-corrected chi connectivity index (χ2v) is 6.20. The largest absolute Gasteiger partial charge is 0.494 e. The molecule has 1 heterocycles. The maximum Gasteiger partial charge on any atom is 0.305 e. The molecule has 0 saturated heterocycles. The van der Waals surface area contributed by atoms with Crippen molar-refractivity contribution < 1.29 is 14.3 Å². The number of hydrazone groups is 1. The van der Waals surface area contributed by atoms with Crippen molar-refractivity contribution in [3.63, 3.8) is 0 Å². The van der Waals surface area contributed by atoms with Crippen LogP contribution in [0.15, 0.2) is 34.7 Å². The number of thiazole rings is 1. The predicted octanol–water partition coefficient (Wildman–Crippen LogP) is 4.01. The molecule has 0 atom stereocenters. The summed E-state index contributed by atoms with van der Waals surface area (Å²) in [5, 5.41) is 6.90. The molecule has 0 radical (unpaired) electrons. The molecule has 1 N–H and O–H groups in total. The summed E-state index contributed by atoms with van der Waals surface area (Å²) >= 11 is 1.52. The SMILES string of the molecule is CCOC(=O)CCCCOc1ccc(C=NNc2nc(C)cs2)cc1. The average molecular weight is 361 g/mol. The molecule has 2 aromatic rings. The quantitative estimate of drug-likeness (QED) is 0.300. The van der Waals surface area contributed by atoms with Crippen LogP contribution in [-0.2, 0) is 9.53 Å². The van der Waals surface area contributed by atoms with Crippen molar-refractivity contribution in [2.24, 2.45) is 5.10 Å². The van der Waals surface area contributed by atoms with E-state index in [4.69, 9.17) is 9.47 Å². The van der Waals surface area contributed by atoms with Gasteiger partial charge in [-0.1, -0.05) is 0 Å². The highest BCUT2D eigenvalue weighted by Crippen LogP contribution is 2.15. The molecule has 0 aliphatic heterocycles. The smallest absolute Gasteiger partial charge is 0.305 e. The summed E-state index contributed by atoms with van der Waals surface area (Å²) in [7, 11) is 0. The van der Waals surface area contributed by atoms with Gasteiger partial charge in [-0.3, -0.25) is 10.2 Å². The standard InChI is InChI=1S/C18H23N3O3S/c1-3-23-17(22)6-4-5-11-24-16-9-7-15(8-10-16)12-19-21-18-20-14(2)13-25-18/h7-10,12-13H,3-6,11H2,1-2H3,(H,20,21). The number of carbonyl (C=O) groups is 1. The van der Waals surface area contributed by atoms with E-state index in [-0.39, 0.29) is 5.97 Å². The second kappa shape index (κ2) is 10.5. The fraction of sp³-hybridized carbons (Fsp3) is 0.389. The van der Waals surface area contributed by atoms with Gasteiger partial charge in [-0.2, -0.15) is 5.10 Å². The minimum absolute atomic E-state index is 0.146. The van der Waals surface area contributed by atoms with Crippen LogP contribution in [0.4, 0.5) is 5.13 Å². The zero-order valence-corrected chi connectivity index (χ0v) is 15.3. The summed E-state index contributed by atoms with van der Waals surface area (Å²) in [5.74, 6) is 0.657. The Morgan fingerprint density at radius 1 is 1.32 bits per heavy atom. The first kappa shape index (κ1) is 18.9. The van der Waals surface area contributed by atoms with E-state index in [1.54, 1.807) is 6.21 Å². The molecular weight excluding hydrogens is 338 g/mol. The lowest BCUT2D eigenvalue weighted by molar-refractivity contribution is -0.143. The highest BCUT2D eigenvalue weighted by atomic mass is 32.1. The molecule has 6 nitrogen and oxygen atoms in total. The van der Waals surface area contributed by atoms with Crippen LogP contribution < -0.4 is 10.2 Å². The van der Waals surface area contributed by atoms with Crippen LogP contribution in [0.2, 0.25) is 0 Å². The van der Waals surface area contributed by atoms with Crippen LogP contribution in [0.3, 0.4) is 0 Å². The molecule has 7 heteroatoms. The first-order valence-electron chi connectivity index (χ1n) is 8.27. The number of nitrogens with zero attached hydrogens (tertiary/aromatic N) is 2. The summed E-state index contributed by atoms with van der Waals surface area (Å²) in [6.07, 6.45) is 3.77. The molecule has 0 amide bonds. The third-order valence-corrected chi connectivity index (χ3v) is 4.09. The number of benzene rings is 1. The number of hydrogen-bond acceptors (Lipinski definition) is 7. The van der Waals surface area contributed by atoms with E-state index >= 15 is 0 Å². The number of unbranched alkanes of at least 4 members (excludes halogenated alkanes) is 1. The third kappa shape index (κ3) is 7.34. The van der Waals surface area contributed by atoms with E-state index < -0.39 is 0 Å². The fourth-order valence-corrected chi connectivity index (χ4v) is 2.65. The Kier molecular flexibility index (Phi) is 7.91. The molecule has 2 rings (SSSR count). The van der Waals surface area contributed by atoms with Gasteiger partial charge in [-0.05, 0) is 56.5 Å². The van der Waals surface area contributed by atoms with Crippen molar-refractivity contribution in [2.75, 3.05) is 18.6 Å². The fourth-order valence-electron chi connectivity index (χ4n) is 2.01. The summed E-state index contributed by atoms with van der Waals surface area (Å²) in [5.41, 5.74) is 4.85. The van der Waals surface area contributed by atoms with Crippen molar-refractivity contribution in [3.8, 4) is 5.75 Å². The van der Waals surface area contributed by atoms with Gasteiger partial charge in [0.1, 0.15) is 5.75 Å². The van der Waals surface area contributed by atoms with Gasteiger partial charge >= 0.3 is 5.97 Å². The van der Waals surface area contributed by atoms with Gasteiger partial charge in [0, 0.05) is 11.8 Å². The normalized spacial score (nSPS) is 10.8. The lowest BCUT2D eigenvalue weighted by atomic mass is 10.2. The lowest BCUT2D eigenvalue weighted by Gasteiger charge is -2.06. The van der Waals surface area contributed by atoms with Gasteiger partial charge in [-0.15, -0.1) is 11.3 Å². The Balaban J connectivity index is 1.66. The van der Waals surface area contributed by atoms with Gasteiger partial charge in [0.15, 0.2) is 0 Å². The van der Waals surface area contributed by atoms with Crippen LogP contribution in [0.1, 0.15) is 37.4 Å². The van der Waals surface area contributed by atoms with Gasteiger partial charge in [0.05, 0.1) is 25.1 Å². The van der Waals surface area contributed by atoms with Crippen LogP contribution >= 0.6 is 11.3 Å². The highest BCUT2D eigenvalue weighted by molar-refractivity contribution is 7.13. The van der Waals surface area contributed by atoms with Crippen molar-refractivity contribution in [1.82, 2.24) is 4.98 Å². The highest BCUT2D eigenvalue weighted by Gasteiger charge is 2.01. The summed E-state index contributed by atoms with van der Waals surface area (Å²) in [6.45, 7) is 4.77. The molecule has 0 unspecified atom stereocenters. The van der Waals surface area contributed by atoms with Crippen LogP contribution in [0.25, 0.3) is 0 Å². The molecule has 0 bridgehead atoms. The van der Waals surface area contributed by atoms with Crippen molar-refractivity contribution in [1.29, 1.82) is 0 Å². The van der Waals surface area contributed by atoms with Crippen LogP contribution in [-0.4, -0.2) is 30.4 Å². The van der Waals surface area contributed by atoms with E-state index in [0.717, 1.165) is 35.0 Å². The maximum absolute atomic E-state index is 11.2. The summed E-state index contributed by atoms with van der Waals surface area (Å²) < 4.78 is 10.5. The number of carbonyl (C=O) groups excluding carboxylic acids is 1. The van der Waals surface area contributed by atoms with E-state index in [1.807, 2.05) is 43.5 Å². The van der Waals surface area contributed by atoms with Gasteiger partial charge in [0.2, 0.25) is 5.13 Å². The molecule has 134 valence electrons. The van der Waals surface area contributed by atoms with E-state index in [0.29, 0.717) is 19.6 Å². The predicted molar refractivity (Wildman–Crippen MR) is 100 cm³/mol. The summed E-state index contributed by atoms with van der Waals surface area (Å²) in [4.78, 5) is 15.5. The molecule has 1 aromatic heterocycles. The topological polar surface area (TPSA) is 72.8 Å². The number of esters is 1. The Hall–Kier alpha value is -2.41. The van der Waals surface area contributed by atoms with Gasteiger partial charge in [0.25, 0.3) is 0 Å². The van der Waals surface area contributed by atoms with Crippen molar-refractivity contribution >= 4 is 28.7 Å². The monoisotopic (exact) mass is 361 g/mol. The van der Waals surface area contributed by atoms with Crippen LogP contribution in [0, 0.1) is 6.92 Å². The number of aryl methyl sites for hydroxylation is 1. The second-order valence-electron chi connectivity index (χ2n) is 5.34. The summed E-state index contributed by atoms with van der Waals surface area (Å²) in [6, 6.07) is 7.68. The molecule has 0 fully saturated rings. The van der Waals surface area contributed by atoms with Crippen LogP contribution in [0.5, 0.6) is 5.75 Å². The number of anilines is 1. The molecule has 1 aromatic carbocycles. The number of rotatable bonds is 10. The van der Waals surface area contributed by atoms with Gasteiger partial charge < -0.3 is 9.47 Å². The zero-order valence-electron chi connectivity index (χ0n) is 14.5. The molecule has 0 saturated carbocycles. The molecule has 0 spiro atoms. The van der Waals surface area contributed by atoms with Gasteiger partial charge in [-0.25, -0.2) is 4.98 Å². The van der Waals surface area contributed by atoms with Crippen molar-refractivity contribution in [2.45, 2.75) is 33.1 Å².